The molecule has 4 atom stereocenters. The summed E-state index contributed by atoms with van der Waals surface area (Å²) in [5, 5.41) is 10.8. The minimum Gasteiger partial charge on any atom is -0.385 e. The van der Waals surface area contributed by atoms with E-state index in [0.717, 1.165) is 30.3 Å². The van der Waals surface area contributed by atoms with Crippen LogP contribution in [0, 0.1) is 0 Å². The molecule has 0 aromatic carbocycles. The Balaban J connectivity index is 1.58. The molecule has 1 aliphatic carbocycles. The first kappa shape index (κ1) is 25.9. The van der Waals surface area contributed by atoms with Crippen LogP contribution >= 0.6 is 26.8 Å². The van der Waals surface area contributed by atoms with Crippen molar-refractivity contribution >= 4 is 43.6 Å². The zero-order valence-electron chi connectivity index (χ0n) is 18.2. The Bertz CT molecular complexity index is 1160. The van der Waals surface area contributed by atoms with E-state index in [-0.39, 0.29) is 16.7 Å². The molecule has 2 fully saturated rings. The Kier molecular flexibility index (Phi) is 7.16. The van der Waals surface area contributed by atoms with Crippen molar-refractivity contribution in [2.75, 3.05) is 31.1 Å². The molecule has 1 saturated carbocycles. The molecule has 16 heteroatoms. The molecule has 2 aromatic heterocycles. The van der Waals surface area contributed by atoms with Crippen LogP contribution < -0.4 is 4.90 Å². The van der Waals surface area contributed by atoms with Crippen LogP contribution in [0.2, 0.25) is 5.15 Å². The Morgan fingerprint density at radius 2 is 2.03 bits per heavy atom. The highest BCUT2D eigenvalue weighted by Gasteiger charge is 2.53. The number of imidazole rings is 1. The van der Waals surface area contributed by atoms with Crippen LogP contribution in [0.25, 0.3) is 11.0 Å². The summed E-state index contributed by atoms with van der Waals surface area (Å²) in [6, 6.07) is 1.68. The van der Waals surface area contributed by atoms with E-state index >= 15 is 4.39 Å². The molecule has 2 aromatic rings. The maximum atomic E-state index is 16.1. The number of aromatic nitrogens is 3. The molecule has 0 bridgehead atoms. The van der Waals surface area contributed by atoms with E-state index in [0.29, 0.717) is 11.3 Å². The fraction of sp³-hybridized carbons (Fsp3) is 0.667. The lowest BCUT2D eigenvalue weighted by Gasteiger charge is -2.27. The third-order valence-electron chi connectivity index (χ3n) is 6.20. The van der Waals surface area contributed by atoms with Crippen LogP contribution in [-0.2, 0) is 24.2 Å². The molecule has 12 nitrogen and oxygen atoms in total. The number of aliphatic hydroxyl groups is 1. The molecule has 190 valence electrons. The van der Waals surface area contributed by atoms with Gasteiger partial charge in [-0.2, -0.15) is 0 Å². The van der Waals surface area contributed by atoms with E-state index in [1.165, 1.54) is 12.4 Å². The van der Waals surface area contributed by atoms with Crippen LogP contribution in [0.15, 0.2) is 12.4 Å². The summed E-state index contributed by atoms with van der Waals surface area (Å²) in [7, 11) is -7.65. The number of halogens is 2. The second-order valence-electron chi connectivity index (χ2n) is 8.65. The smallest absolute Gasteiger partial charge is 0.340 e. The number of aliphatic hydroxyl groups excluding tert-OH is 1. The van der Waals surface area contributed by atoms with Crippen LogP contribution in [0.4, 0.5) is 10.2 Å². The van der Waals surface area contributed by atoms with Crippen LogP contribution in [-0.4, -0.2) is 78.7 Å². The molecule has 4 N–H and O–H groups in total. The Morgan fingerprint density at radius 1 is 1.35 bits per heavy atom. The van der Waals surface area contributed by atoms with Crippen LogP contribution in [0.3, 0.4) is 0 Å². The van der Waals surface area contributed by atoms with Gasteiger partial charge in [0.1, 0.15) is 29.5 Å². The SMILES string of the molecule is CN(c1nc(Cl)cc2c1ncn2[C@@]1(F)CO[C@H](COP(=O)(O)CP(=O)(O)O)[C@H]1O)C1CCCC1. The zero-order chi connectivity index (χ0) is 24.9. The van der Waals surface area contributed by atoms with E-state index in [1.807, 2.05) is 11.9 Å². The Morgan fingerprint density at radius 3 is 2.68 bits per heavy atom. The van der Waals surface area contributed by atoms with Gasteiger partial charge in [-0.3, -0.25) is 13.7 Å². The molecule has 0 spiro atoms. The fourth-order valence-corrected chi connectivity index (χ4v) is 7.23. The minimum atomic E-state index is -4.83. The van der Waals surface area contributed by atoms with Crippen LogP contribution in [0.1, 0.15) is 25.7 Å². The van der Waals surface area contributed by atoms with Gasteiger partial charge >= 0.3 is 15.2 Å². The third kappa shape index (κ3) is 5.18. The molecular weight excluding hydrogens is 517 g/mol. The van der Waals surface area contributed by atoms with Gasteiger partial charge < -0.3 is 33.9 Å². The summed E-state index contributed by atoms with van der Waals surface area (Å²) in [6.07, 6.45) is 2.16. The molecule has 3 heterocycles. The first-order valence-electron chi connectivity index (χ1n) is 10.6. The number of rotatable bonds is 8. The molecular formula is C18H26ClFN4O8P2. The van der Waals surface area contributed by atoms with E-state index in [4.69, 9.17) is 26.1 Å². The first-order valence-corrected chi connectivity index (χ1v) is 14.5. The van der Waals surface area contributed by atoms with Gasteiger partial charge in [0.25, 0.3) is 0 Å². The van der Waals surface area contributed by atoms with E-state index in [9.17, 15) is 19.1 Å². The van der Waals surface area contributed by atoms with Gasteiger partial charge in [-0.15, -0.1) is 0 Å². The number of ether oxygens (including phenoxy) is 1. The topological polar surface area (TPSA) is 167 Å². The van der Waals surface area contributed by atoms with Crippen molar-refractivity contribution in [3.63, 3.8) is 0 Å². The average Bonchev–Trinajstić information content (AvgIpc) is 3.45. The Labute approximate surface area is 199 Å². The molecule has 0 radical (unpaired) electrons. The Hall–Kier alpha value is -1.14. The monoisotopic (exact) mass is 542 g/mol. The first-order chi connectivity index (χ1) is 15.8. The lowest BCUT2D eigenvalue weighted by molar-refractivity contribution is -0.0445. The summed E-state index contributed by atoms with van der Waals surface area (Å²) in [6.45, 7) is -1.39. The highest BCUT2D eigenvalue weighted by atomic mass is 35.5. The maximum absolute atomic E-state index is 16.1. The maximum Gasteiger partial charge on any atom is 0.340 e. The van der Waals surface area contributed by atoms with Crippen molar-refractivity contribution in [1.82, 2.24) is 14.5 Å². The predicted molar refractivity (Wildman–Crippen MR) is 121 cm³/mol. The average molecular weight is 543 g/mol. The van der Waals surface area contributed by atoms with Crippen molar-refractivity contribution in [3.05, 3.63) is 17.5 Å². The predicted octanol–water partition coefficient (Wildman–Crippen LogP) is 2.18. The van der Waals surface area contributed by atoms with Crippen LogP contribution in [0.5, 0.6) is 0 Å². The van der Waals surface area contributed by atoms with Gasteiger partial charge in [0.2, 0.25) is 5.79 Å². The molecule has 34 heavy (non-hydrogen) atoms. The zero-order valence-corrected chi connectivity index (χ0v) is 20.7. The quantitative estimate of drug-likeness (QED) is 0.285. The minimum absolute atomic E-state index is 0.115. The lowest BCUT2D eigenvalue weighted by Crippen LogP contribution is -2.43. The lowest BCUT2D eigenvalue weighted by atomic mass is 10.1. The summed E-state index contributed by atoms with van der Waals surface area (Å²) in [4.78, 5) is 38.1. The molecule has 1 aliphatic heterocycles. The van der Waals surface area contributed by atoms with E-state index < -0.39 is 52.3 Å². The number of pyridine rings is 1. The number of hydrogen-bond acceptors (Lipinski definition) is 8. The van der Waals surface area contributed by atoms with Crippen molar-refractivity contribution < 1.29 is 42.6 Å². The van der Waals surface area contributed by atoms with Gasteiger partial charge in [0, 0.05) is 19.2 Å². The summed E-state index contributed by atoms with van der Waals surface area (Å²) >= 11 is 6.24. The van der Waals surface area contributed by atoms with Crippen molar-refractivity contribution in [1.29, 1.82) is 0 Å². The standard InChI is InChI=1S/C18H26ClFN4O8P2/c1-23(11-4-2-3-5-11)17-15-12(6-14(19)22-17)24(9-21-15)18(20)8-31-13(16(18)25)7-32-34(29,30)10-33(26,27)28/h6,9,11,13,16,25H,2-5,7-8,10H2,1H3,(H,29,30)(H2,26,27,28)/t13-,16-,18+/m1/s1. The van der Waals surface area contributed by atoms with Gasteiger partial charge in [0.05, 0.1) is 18.5 Å². The molecule has 1 unspecified atom stereocenters. The molecule has 2 aliphatic rings. The fourth-order valence-electron chi connectivity index (χ4n) is 4.47. The highest BCUT2D eigenvalue weighted by molar-refractivity contribution is 7.70. The van der Waals surface area contributed by atoms with Gasteiger partial charge in [-0.05, 0) is 12.8 Å². The van der Waals surface area contributed by atoms with Crippen molar-refractivity contribution in [2.45, 2.75) is 49.7 Å². The van der Waals surface area contributed by atoms with Crippen molar-refractivity contribution in [3.8, 4) is 0 Å². The number of fused-ring (bicyclic) bond motifs is 1. The number of hydrogen-bond donors (Lipinski definition) is 4. The van der Waals surface area contributed by atoms with Gasteiger partial charge in [-0.25, -0.2) is 14.4 Å². The second-order valence-corrected chi connectivity index (χ2v) is 13.0. The summed E-state index contributed by atoms with van der Waals surface area (Å²) in [5.41, 5.74) is 0.671. The second kappa shape index (κ2) is 9.38. The third-order valence-corrected chi connectivity index (χ3v) is 9.85. The number of nitrogens with zero attached hydrogens (tertiary/aromatic N) is 4. The number of alkyl halides is 1. The largest absolute Gasteiger partial charge is 0.385 e. The number of anilines is 1. The van der Waals surface area contributed by atoms with E-state index in [2.05, 4.69) is 14.5 Å². The van der Waals surface area contributed by atoms with Crippen molar-refractivity contribution in [2.24, 2.45) is 0 Å². The summed E-state index contributed by atoms with van der Waals surface area (Å²) < 4.78 is 50.0. The normalized spacial score (nSPS) is 28.0. The van der Waals surface area contributed by atoms with Gasteiger partial charge in [-0.1, -0.05) is 24.4 Å². The summed E-state index contributed by atoms with van der Waals surface area (Å²) in [5.74, 6) is -3.43. The van der Waals surface area contributed by atoms with Gasteiger partial charge in [0.15, 0.2) is 11.7 Å². The molecule has 4 rings (SSSR count). The molecule has 1 saturated heterocycles. The highest BCUT2D eigenvalue weighted by Crippen LogP contribution is 2.55. The molecule has 0 amide bonds. The van der Waals surface area contributed by atoms with E-state index in [1.54, 1.807) is 0 Å².